The zero-order chi connectivity index (χ0) is 17.3. The number of nitrogens with zero attached hydrogens (tertiary/aromatic N) is 1. The molecule has 1 aliphatic heterocycles. The predicted octanol–water partition coefficient (Wildman–Crippen LogP) is 3.46. The van der Waals surface area contributed by atoms with Gasteiger partial charge < -0.3 is 9.84 Å². The fourth-order valence-corrected chi connectivity index (χ4v) is 3.01. The third-order valence-corrected chi connectivity index (χ3v) is 4.50. The predicted molar refractivity (Wildman–Crippen MR) is 90.1 cm³/mol. The Labute approximate surface area is 140 Å². The Balaban J connectivity index is 1.86. The first-order valence-electron chi connectivity index (χ1n) is 7.81. The molecule has 3 rings (SSSR count). The minimum Gasteiger partial charge on any atom is -0.480 e. The van der Waals surface area contributed by atoms with Gasteiger partial charge in [-0.25, -0.2) is 9.59 Å². The monoisotopic (exact) mass is 325 g/mol. The summed E-state index contributed by atoms with van der Waals surface area (Å²) in [5.41, 5.74) is 4.49. The van der Waals surface area contributed by atoms with E-state index in [2.05, 4.69) is 0 Å². The molecule has 0 aromatic heterocycles. The molecular formula is C19H19NO4. The molecule has 0 radical (unpaired) electrons. The van der Waals surface area contributed by atoms with Crippen molar-refractivity contribution in [3.05, 3.63) is 64.7 Å². The molecular weight excluding hydrogens is 306 g/mol. The van der Waals surface area contributed by atoms with Crippen molar-refractivity contribution < 1.29 is 19.4 Å². The molecule has 0 unspecified atom stereocenters. The van der Waals surface area contributed by atoms with Gasteiger partial charge in [-0.05, 0) is 42.2 Å². The standard InChI is InChI=1S/C19H19NO4/c1-12-8-9-16-15(13(12)2)10-17(18(21)22)20(16)19(23)24-11-14-6-4-3-5-7-14/h3-9,17H,10-11H2,1-2H3,(H,21,22)/t17-/m1/s1. The van der Waals surface area contributed by atoms with Gasteiger partial charge in [0.1, 0.15) is 12.6 Å². The SMILES string of the molecule is Cc1ccc2c(c1C)C[C@H](C(=O)O)N2C(=O)OCc1ccccc1. The fourth-order valence-electron chi connectivity index (χ4n) is 3.01. The van der Waals surface area contributed by atoms with Crippen LogP contribution in [0.3, 0.4) is 0 Å². The van der Waals surface area contributed by atoms with Crippen LogP contribution >= 0.6 is 0 Å². The summed E-state index contributed by atoms with van der Waals surface area (Å²) in [6.07, 6.45) is -0.327. The number of amides is 1. The Morgan fingerprint density at radius 1 is 1.17 bits per heavy atom. The normalized spacial score (nSPS) is 15.9. The zero-order valence-corrected chi connectivity index (χ0v) is 13.7. The number of carbonyl (C=O) groups excluding carboxylic acids is 1. The minimum absolute atomic E-state index is 0.114. The molecule has 1 aliphatic rings. The van der Waals surface area contributed by atoms with Crippen LogP contribution in [-0.4, -0.2) is 23.2 Å². The number of benzene rings is 2. The topological polar surface area (TPSA) is 66.8 Å². The van der Waals surface area contributed by atoms with E-state index in [1.165, 1.54) is 4.90 Å². The molecule has 2 aromatic carbocycles. The summed E-state index contributed by atoms with van der Waals surface area (Å²) >= 11 is 0. The smallest absolute Gasteiger partial charge is 0.415 e. The number of carbonyl (C=O) groups is 2. The molecule has 1 N–H and O–H groups in total. The van der Waals surface area contributed by atoms with E-state index in [1.807, 2.05) is 50.2 Å². The molecule has 1 atom stereocenters. The molecule has 0 fully saturated rings. The van der Waals surface area contributed by atoms with Gasteiger partial charge in [0.15, 0.2) is 0 Å². The Hall–Kier alpha value is -2.82. The number of carboxylic acids is 1. The third-order valence-electron chi connectivity index (χ3n) is 4.50. The van der Waals surface area contributed by atoms with Crippen LogP contribution in [0.25, 0.3) is 0 Å². The quantitative estimate of drug-likeness (QED) is 0.938. The number of fused-ring (bicyclic) bond motifs is 1. The lowest BCUT2D eigenvalue weighted by molar-refractivity contribution is -0.138. The number of carboxylic acid groups (broad SMARTS) is 1. The van der Waals surface area contributed by atoms with Crippen molar-refractivity contribution in [2.75, 3.05) is 4.90 Å². The first-order valence-corrected chi connectivity index (χ1v) is 7.81. The largest absolute Gasteiger partial charge is 0.480 e. The van der Waals surface area contributed by atoms with Crippen LogP contribution in [0.1, 0.15) is 22.3 Å². The molecule has 5 nitrogen and oxygen atoms in total. The van der Waals surface area contributed by atoms with Crippen molar-refractivity contribution >= 4 is 17.7 Å². The third kappa shape index (κ3) is 2.85. The summed E-state index contributed by atoms with van der Waals surface area (Å²) in [5, 5.41) is 9.50. The van der Waals surface area contributed by atoms with Gasteiger partial charge in [-0.1, -0.05) is 36.4 Å². The summed E-state index contributed by atoms with van der Waals surface area (Å²) in [6.45, 7) is 4.04. The van der Waals surface area contributed by atoms with E-state index in [0.29, 0.717) is 12.1 Å². The lowest BCUT2D eigenvalue weighted by Gasteiger charge is -2.22. The van der Waals surface area contributed by atoms with Crippen molar-refractivity contribution in [3.8, 4) is 0 Å². The number of anilines is 1. The van der Waals surface area contributed by atoms with Gasteiger partial charge in [-0.15, -0.1) is 0 Å². The summed E-state index contributed by atoms with van der Waals surface area (Å²) < 4.78 is 5.34. The number of ether oxygens (including phenoxy) is 1. The molecule has 0 bridgehead atoms. The van der Waals surface area contributed by atoms with E-state index < -0.39 is 18.1 Å². The van der Waals surface area contributed by atoms with Gasteiger partial charge in [-0.3, -0.25) is 4.90 Å². The minimum atomic E-state index is -1.03. The van der Waals surface area contributed by atoms with Crippen LogP contribution in [0, 0.1) is 13.8 Å². The molecule has 2 aromatic rings. The Morgan fingerprint density at radius 3 is 2.54 bits per heavy atom. The molecule has 5 heteroatoms. The second-order valence-corrected chi connectivity index (χ2v) is 5.97. The number of rotatable bonds is 3. The second-order valence-electron chi connectivity index (χ2n) is 5.97. The summed E-state index contributed by atoms with van der Waals surface area (Å²) in [5.74, 6) is -1.03. The maximum Gasteiger partial charge on any atom is 0.415 e. The van der Waals surface area contributed by atoms with Crippen molar-refractivity contribution in [1.29, 1.82) is 0 Å². The van der Waals surface area contributed by atoms with Crippen molar-refractivity contribution in [2.24, 2.45) is 0 Å². The molecule has 24 heavy (non-hydrogen) atoms. The van der Waals surface area contributed by atoms with E-state index in [-0.39, 0.29) is 6.61 Å². The van der Waals surface area contributed by atoms with Crippen LogP contribution < -0.4 is 4.90 Å². The van der Waals surface area contributed by atoms with Crippen molar-refractivity contribution in [1.82, 2.24) is 0 Å². The van der Waals surface area contributed by atoms with Crippen molar-refractivity contribution in [3.63, 3.8) is 0 Å². The van der Waals surface area contributed by atoms with Gasteiger partial charge in [-0.2, -0.15) is 0 Å². The Kier molecular flexibility index (Phi) is 4.25. The number of aliphatic carboxylic acids is 1. The zero-order valence-electron chi connectivity index (χ0n) is 13.7. The highest BCUT2D eigenvalue weighted by Gasteiger charge is 2.40. The molecule has 0 spiro atoms. The highest BCUT2D eigenvalue weighted by Crippen LogP contribution is 2.36. The molecule has 124 valence electrons. The Morgan fingerprint density at radius 2 is 1.88 bits per heavy atom. The lowest BCUT2D eigenvalue weighted by atomic mass is 10.00. The van der Waals surface area contributed by atoms with E-state index in [0.717, 1.165) is 22.3 Å². The highest BCUT2D eigenvalue weighted by molar-refractivity contribution is 5.98. The number of hydrogen-bond acceptors (Lipinski definition) is 3. The first kappa shape index (κ1) is 16.1. The maximum absolute atomic E-state index is 12.5. The lowest BCUT2D eigenvalue weighted by Crippen LogP contribution is -2.43. The van der Waals surface area contributed by atoms with Crippen molar-refractivity contribution in [2.45, 2.75) is 32.9 Å². The summed E-state index contributed by atoms with van der Waals surface area (Å²) in [4.78, 5) is 25.4. The first-order chi connectivity index (χ1) is 11.5. The van der Waals surface area contributed by atoms with Crippen LogP contribution in [-0.2, 0) is 22.6 Å². The van der Waals surface area contributed by atoms with Crippen LogP contribution in [0.2, 0.25) is 0 Å². The van der Waals surface area contributed by atoms with Gasteiger partial charge in [0, 0.05) is 6.42 Å². The van der Waals surface area contributed by atoms with Gasteiger partial charge in [0.2, 0.25) is 0 Å². The number of hydrogen-bond donors (Lipinski definition) is 1. The fraction of sp³-hybridized carbons (Fsp3) is 0.263. The maximum atomic E-state index is 12.5. The summed E-state index contributed by atoms with van der Waals surface area (Å²) in [7, 11) is 0. The van der Waals surface area contributed by atoms with Gasteiger partial charge >= 0.3 is 12.1 Å². The van der Waals surface area contributed by atoms with Crippen LogP contribution in [0.15, 0.2) is 42.5 Å². The number of aryl methyl sites for hydroxylation is 1. The van der Waals surface area contributed by atoms with E-state index in [4.69, 9.17) is 4.74 Å². The van der Waals surface area contributed by atoms with Crippen LogP contribution in [0.4, 0.5) is 10.5 Å². The van der Waals surface area contributed by atoms with Crippen LogP contribution in [0.5, 0.6) is 0 Å². The highest BCUT2D eigenvalue weighted by atomic mass is 16.6. The molecule has 0 saturated heterocycles. The van der Waals surface area contributed by atoms with E-state index >= 15 is 0 Å². The molecule has 1 heterocycles. The average molecular weight is 325 g/mol. The average Bonchev–Trinajstić information content (AvgIpc) is 2.97. The van der Waals surface area contributed by atoms with Gasteiger partial charge in [0.05, 0.1) is 5.69 Å². The summed E-state index contributed by atoms with van der Waals surface area (Å²) in [6, 6.07) is 12.1. The molecule has 1 amide bonds. The second kappa shape index (κ2) is 6.35. The van der Waals surface area contributed by atoms with Gasteiger partial charge in [0.25, 0.3) is 0 Å². The van der Waals surface area contributed by atoms with E-state index in [1.54, 1.807) is 6.07 Å². The van der Waals surface area contributed by atoms with E-state index in [9.17, 15) is 14.7 Å². The Bertz CT molecular complexity index is 785. The molecule has 0 aliphatic carbocycles. The molecule has 0 saturated carbocycles.